The van der Waals surface area contributed by atoms with E-state index in [-0.39, 0.29) is 15.8 Å². The molecule has 0 spiro atoms. The fourth-order valence-electron chi connectivity index (χ4n) is 1.71. The van der Waals surface area contributed by atoms with Crippen molar-refractivity contribution in [2.75, 3.05) is 6.54 Å². The predicted molar refractivity (Wildman–Crippen MR) is 73.2 cm³/mol. The monoisotopic (exact) mass is 298 g/mol. The minimum Gasteiger partial charge on any atom is -0.372 e. The molecule has 0 amide bonds. The van der Waals surface area contributed by atoms with Gasteiger partial charge < -0.3 is 4.42 Å². The lowest BCUT2D eigenvalue weighted by Crippen LogP contribution is -2.25. The second-order valence-corrected chi connectivity index (χ2v) is 6.03. The van der Waals surface area contributed by atoms with Gasteiger partial charge in [0.05, 0.1) is 15.8 Å². The first-order valence-electron chi connectivity index (χ1n) is 6.11. The van der Waals surface area contributed by atoms with Crippen molar-refractivity contribution in [1.29, 1.82) is 0 Å². The lowest BCUT2D eigenvalue weighted by atomic mass is 10.2. The van der Waals surface area contributed by atoms with Crippen LogP contribution in [-0.2, 0) is 10.0 Å². The van der Waals surface area contributed by atoms with Crippen LogP contribution in [0.2, 0.25) is 0 Å². The average molecular weight is 298 g/mol. The lowest BCUT2D eigenvalue weighted by Gasteiger charge is -2.06. The highest BCUT2D eigenvalue weighted by Crippen LogP contribution is 2.14. The van der Waals surface area contributed by atoms with Crippen LogP contribution < -0.4 is 16.1 Å². The Hall–Kier alpha value is -1.93. The van der Waals surface area contributed by atoms with Crippen LogP contribution in [0.3, 0.4) is 0 Å². The van der Waals surface area contributed by atoms with E-state index >= 15 is 0 Å². The summed E-state index contributed by atoms with van der Waals surface area (Å²) in [5.41, 5.74) is -0.631. The highest BCUT2D eigenvalue weighted by atomic mass is 32.2. The maximum absolute atomic E-state index is 12.0. The van der Waals surface area contributed by atoms with Crippen molar-refractivity contribution in [3.63, 3.8) is 0 Å². The SMILES string of the molecule is CCCCNS(=O)(=O)c1ccc2[nH]c(=O)oc(=O)c2c1. The third-order valence-electron chi connectivity index (χ3n) is 2.77. The molecule has 0 saturated carbocycles. The smallest absolute Gasteiger partial charge is 0.372 e. The molecule has 1 aromatic heterocycles. The maximum Gasteiger partial charge on any atom is 0.419 e. The Morgan fingerprint density at radius 1 is 1.30 bits per heavy atom. The number of hydrogen-bond donors (Lipinski definition) is 2. The normalized spacial score (nSPS) is 11.8. The van der Waals surface area contributed by atoms with Crippen molar-refractivity contribution in [2.24, 2.45) is 0 Å². The van der Waals surface area contributed by atoms with Gasteiger partial charge in [-0.05, 0) is 24.6 Å². The van der Waals surface area contributed by atoms with Gasteiger partial charge in [0.25, 0.3) is 0 Å². The largest absolute Gasteiger partial charge is 0.419 e. The summed E-state index contributed by atoms with van der Waals surface area (Å²) in [5, 5.41) is 0.0166. The van der Waals surface area contributed by atoms with Gasteiger partial charge >= 0.3 is 11.4 Å². The summed E-state index contributed by atoms with van der Waals surface area (Å²) in [6, 6.07) is 3.87. The number of sulfonamides is 1. The standard InChI is InChI=1S/C12H14N2O5S/c1-2-3-6-13-20(17,18)8-4-5-10-9(7-8)11(15)19-12(16)14-10/h4-5,7,13H,2-3,6H2,1H3,(H,14,16). The van der Waals surface area contributed by atoms with E-state index in [0.29, 0.717) is 6.54 Å². The number of aromatic nitrogens is 1. The molecule has 1 aromatic carbocycles. The van der Waals surface area contributed by atoms with Crippen LogP contribution in [0.25, 0.3) is 10.9 Å². The Balaban J connectivity index is 2.46. The number of hydrogen-bond acceptors (Lipinski definition) is 5. The van der Waals surface area contributed by atoms with Crippen molar-refractivity contribution in [3.05, 3.63) is 39.2 Å². The summed E-state index contributed by atoms with van der Waals surface area (Å²) < 4.78 is 30.8. The molecule has 8 heteroatoms. The summed E-state index contributed by atoms with van der Waals surface area (Å²) >= 11 is 0. The molecule has 0 aliphatic rings. The summed E-state index contributed by atoms with van der Waals surface area (Å²) in [4.78, 5) is 24.8. The third-order valence-corrected chi connectivity index (χ3v) is 4.22. The highest BCUT2D eigenvalue weighted by Gasteiger charge is 2.15. The third kappa shape index (κ3) is 2.97. The fraction of sp³-hybridized carbons (Fsp3) is 0.333. The molecule has 108 valence electrons. The first kappa shape index (κ1) is 14.5. The molecule has 2 N–H and O–H groups in total. The van der Waals surface area contributed by atoms with Gasteiger partial charge in [-0.3, -0.25) is 4.98 Å². The van der Waals surface area contributed by atoms with E-state index in [2.05, 4.69) is 14.1 Å². The Labute approximate surface area is 114 Å². The Morgan fingerprint density at radius 2 is 2.05 bits per heavy atom. The second kappa shape index (κ2) is 5.59. The van der Waals surface area contributed by atoms with Crippen molar-refractivity contribution < 1.29 is 12.8 Å². The number of aromatic amines is 1. The molecular weight excluding hydrogens is 284 g/mol. The molecule has 0 radical (unpaired) electrons. The van der Waals surface area contributed by atoms with Gasteiger partial charge in [-0.15, -0.1) is 0 Å². The number of nitrogens with one attached hydrogen (secondary N) is 2. The zero-order valence-electron chi connectivity index (χ0n) is 10.8. The van der Waals surface area contributed by atoms with Crippen molar-refractivity contribution in [1.82, 2.24) is 9.71 Å². The van der Waals surface area contributed by atoms with Crippen LogP contribution in [0.1, 0.15) is 19.8 Å². The van der Waals surface area contributed by atoms with Crippen molar-refractivity contribution >= 4 is 20.9 Å². The summed E-state index contributed by atoms with van der Waals surface area (Å²) in [6.07, 6.45) is 1.59. The molecule has 2 aromatic rings. The number of unbranched alkanes of at least 4 members (excludes halogenated alkanes) is 1. The summed E-state index contributed by atoms with van der Waals surface area (Å²) in [7, 11) is -3.67. The molecule has 20 heavy (non-hydrogen) atoms. The minimum atomic E-state index is -3.67. The Bertz CT molecular complexity index is 835. The van der Waals surface area contributed by atoms with Crippen LogP contribution >= 0.6 is 0 Å². The van der Waals surface area contributed by atoms with Crippen molar-refractivity contribution in [2.45, 2.75) is 24.7 Å². The van der Waals surface area contributed by atoms with Gasteiger partial charge in [-0.2, -0.15) is 0 Å². The van der Waals surface area contributed by atoms with Crippen LogP contribution in [-0.4, -0.2) is 19.9 Å². The van der Waals surface area contributed by atoms with Crippen molar-refractivity contribution in [3.8, 4) is 0 Å². The molecule has 0 aliphatic carbocycles. The van der Waals surface area contributed by atoms with Gasteiger partial charge in [-0.25, -0.2) is 22.7 Å². The molecule has 0 bridgehead atoms. The van der Waals surface area contributed by atoms with Crippen LogP contribution in [0.4, 0.5) is 0 Å². The van der Waals surface area contributed by atoms with Crippen LogP contribution in [0.15, 0.2) is 37.1 Å². The first-order chi connectivity index (χ1) is 9.44. The first-order valence-corrected chi connectivity index (χ1v) is 7.59. The Kier molecular flexibility index (Phi) is 4.05. The molecule has 1 heterocycles. The minimum absolute atomic E-state index is 0.0166. The summed E-state index contributed by atoms with van der Waals surface area (Å²) in [6.45, 7) is 2.28. The highest BCUT2D eigenvalue weighted by molar-refractivity contribution is 7.89. The van der Waals surface area contributed by atoms with E-state index in [0.717, 1.165) is 12.8 Å². The van der Waals surface area contributed by atoms with Gasteiger partial charge in [-0.1, -0.05) is 13.3 Å². The van der Waals surface area contributed by atoms with E-state index in [1.54, 1.807) is 0 Å². The predicted octanol–water partition coefficient (Wildman–Crippen LogP) is 0.560. The van der Waals surface area contributed by atoms with E-state index in [1.165, 1.54) is 18.2 Å². The van der Waals surface area contributed by atoms with E-state index < -0.39 is 21.4 Å². The van der Waals surface area contributed by atoms with Gasteiger partial charge in [0.2, 0.25) is 10.0 Å². The van der Waals surface area contributed by atoms with Gasteiger partial charge in [0, 0.05) is 6.54 Å². The molecule has 0 aliphatic heterocycles. The van der Waals surface area contributed by atoms with E-state index in [1.807, 2.05) is 6.92 Å². The number of benzene rings is 1. The molecule has 0 unspecified atom stereocenters. The van der Waals surface area contributed by atoms with Crippen LogP contribution in [0.5, 0.6) is 0 Å². The van der Waals surface area contributed by atoms with Gasteiger partial charge in [0.15, 0.2) is 0 Å². The molecule has 2 rings (SSSR count). The molecule has 0 fully saturated rings. The number of fused-ring (bicyclic) bond motifs is 1. The van der Waals surface area contributed by atoms with E-state index in [4.69, 9.17) is 0 Å². The maximum atomic E-state index is 12.0. The fourth-order valence-corrected chi connectivity index (χ4v) is 2.81. The second-order valence-electron chi connectivity index (χ2n) is 4.26. The zero-order chi connectivity index (χ0) is 14.8. The molecule has 0 saturated heterocycles. The Morgan fingerprint density at radius 3 is 2.75 bits per heavy atom. The molecule has 7 nitrogen and oxygen atoms in total. The molecular formula is C12H14N2O5S. The zero-order valence-corrected chi connectivity index (χ0v) is 11.6. The topological polar surface area (TPSA) is 109 Å². The van der Waals surface area contributed by atoms with Gasteiger partial charge in [0.1, 0.15) is 0 Å². The quantitative estimate of drug-likeness (QED) is 0.784. The van der Waals surface area contributed by atoms with Crippen LogP contribution in [0, 0.1) is 0 Å². The van der Waals surface area contributed by atoms with E-state index in [9.17, 15) is 18.0 Å². The average Bonchev–Trinajstić information content (AvgIpc) is 2.38. The number of rotatable bonds is 5. The lowest BCUT2D eigenvalue weighted by molar-refractivity contribution is 0.460. The molecule has 0 atom stereocenters. The summed E-state index contributed by atoms with van der Waals surface area (Å²) in [5.74, 6) is -0.876. The number of H-pyrrole nitrogens is 1.